The number of aliphatic hydroxyl groups is 1. The summed E-state index contributed by atoms with van der Waals surface area (Å²) in [5, 5.41) is 11.9. The average Bonchev–Trinajstić information content (AvgIpc) is 3.27. The van der Waals surface area contributed by atoms with E-state index in [1.54, 1.807) is 13.8 Å². The molecule has 1 saturated heterocycles. The Bertz CT molecular complexity index is 1120. The summed E-state index contributed by atoms with van der Waals surface area (Å²) in [5.74, 6) is -2.33. The second-order valence-corrected chi connectivity index (χ2v) is 12.9. The van der Waals surface area contributed by atoms with Crippen LogP contribution < -0.4 is 0 Å². The summed E-state index contributed by atoms with van der Waals surface area (Å²) in [4.78, 5) is 31.7. The van der Waals surface area contributed by atoms with Crippen LogP contribution in [0.15, 0.2) is 23.8 Å². The highest BCUT2D eigenvalue weighted by Gasteiger charge is 2.83. The number of halogens is 6. The van der Waals surface area contributed by atoms with Gasteiger partial charge in [-0.15, -0.1) is 0 Å². The van der Waals surface area contributed by atoms with Gasteiger partial charge in [0.25, 0.3) is 0 Å². The number of fused-ring (bicyclic) bond motifs is 7. The summed E-state index contributed by atoms with van der Waals surface area (Å²) in [6.45, 7) is 4.19. The van der Waals surface area contributed by atoms with Gasteiger partial charge < -0.3 is 5.11 Å². The Morgan fingerprint density at radius 1 is 1.26 bits per heavy atom. The van der Waals surface area contributed by atoms with Crippen LogP contribution >= 0.6 is 11.8 Å². The highest BCUT2D eigenvalue weighted by atomic mass is 32.2. The lowest BCUT2D eigenvalue weighted by Crippen LogP contribution is -2.73. The van der Waals surface area contributed by atoms with E-state index in [-0.39, 0.29) is 31.4 Å². The molecule has 0 radical (unpaired) electrons. The molecule has 12 heteroatoms. The normalized spacial score (nSPS) is 48.3. The van der Waals surface area contributed by atoms with Crippen molar-refractivity contribution in [2.24, 2.45) is 28.1 Å². The fraction of sp³-hybridized carbons (Fsp3) is 0.769. The molecular formula is C26H31F6NO4S. The van der Waals surface area contributed by atoms with Crippen LogP contribution in [0.5, 0.6) is 0 Å². The van der Waals surface area contributed by atoms with E-state index in [1.807, 2.05) is 0 Å². The molecule has 4 fully saturated rings. The predicted octanol–water partition coefficient (Wildman–Crippen LogP) is 5.05. The van der Waals surface area contributed by atoms with Crippen molar-refractivity contribution >= 4 is 22.7 Å². The van der Waals surface area contributed by atoms with E-state index in [9.17, 15) is 32.3 Å². The Hall–Kier alpha value is -1.37. The molecule has 0 aromatic carbocycles. The third-order valence-corrected chi connectivity index (χ3v) is 11.2. The summed E-state index contributed by atoms with van der Waals surface area (Å²) in [5.41, 5.74) is -8.41. The van der Waals surface area contributed by atoms with Gasteiger partial charge in [0.1, 0.15) is 12.2 Å². The van der Waals surface area contributed by atoms with Gasteiger partial charge in [0, 0.05) is 35.8 Å². The Labute approximate surface area is 221 Å². The Morgan fingerprint density at radius 2 is 1.95 bits per heavy atom. The van der Waals surface area contributed by atoms with E-state index >= 15 is 8.78 Å². The average molecular weight is 568 g/mol. The number of hydroxylamine groups is 2. The highest BCUT2D eigenvalue weighted by Crippen LogP contribution is 2.78. The zero-order valence-corrected chi connectivity index (χ0v) is 22.1. The monoisotopic (exact) mass is 567 g/mol. The molecule has 0 bridgehead atoms. The number of allylic oxidation sites excluding steroid dienone is 4. The number of carbonyl (C=O) groups is 2. The third-order valence-electron chi connectivity index (χ3n) is 10.6. The van der Waals surface area contributed by atoms with Gasteiger partial charge in [0.05, 0.1) is 12.5 Å². The van der Waals surface area contributed by atoms with E-state index in [4.69, 9.17) is 4.84 Å². The number of rotatable bonds is 4. The number of thioether (sulfide) groups is 1. The van der Waals surface area contributed by atoms with Crippen molar-refractivity contribution in [2.45, 2.75) is 76.2 Å². The Morgan fingerprint density at radius 3 is 2.58 bits per heavy atom. The molecule has 4 aliphatic carbocycles. The van der Waals surface area contributed by atoms with Crippen LogP contribution in [-0.2, 0) is 14.4 Å². The largest absolute Gasteiger partial charge is 0.390 e. The van der Waals surface area contributed by atoms with Crippen molar-refractivity contribution < 1.29 is 45.9 Å². The molecule has 5 rings (SSSR count). The standard InChI is InChI=1S/C26H31F6NO4S/c1-21-5-4-15(34)8-16(21)17(28)9-18-22(2)10-14-12-33(7-6-24(29,30)31)37-26(14,20(36)38-13-27)23(22,3)11-19(35)25(18,21)32/h4-5,8,14,17-19,35H,6-7,9-13H2,1-3H3/t14-,17-,18-,19-,21-,22-,23-,25-,26-/m0/s1. The first-order valence-electron chi connectivity index (χ1n) is 12.7. The number of alkyl halides is 6. The molecule has 5 aliphatic rings. The quantitative estimate of drug-likeness (QED) is 0.480. The molecule has 38 heavy (non-hydrogen) atoms. The molecule has 3 saturated carbocycles. The van der Waals surface area contributed by atoms with Crippen LogP contribution in [0.3, 0.4) is 0 Å². The van der Waals surface area contributed by atoms with Gasteiger partial charge in [-0.25, -0.2) is 13.2 Å². The van der Waals surface area contributed by atoms with Crippen molar-refractivity contribution in [3.63, 3.8) is 0 Å². The van der Waals surface area contributed by atoms with Gasteiger partial charge in [0.2, 0.25) is 5.12 Å². The third kappa shape index (κ3) is 3.38. The first-order valence-corrected chi connectivity index (χ1v) is 13.7. The van der Waals surface area contributed by atoms with Gasteiger partial charge >= 0.3 is 6.18 Å². The summed E-state index contributed by atoms with van der Waals surface area (Å²) in [7, 11) is 0. The summed E-state index contributed by atoms with van der Waals surface area (Å²) in [6.07, 6.45) is -6.07. The van der Waals surface area contributed by atoms with Crippen molar-refractivity contribution in [3.05, 3.63) is 23.8 Å². The summed E-state index contributed by atoms with van der Waals surface area (Å²) >= 11 is 0.336. The molecule has 0 amide bonds. The Balaban J connectivity index is 1.61. The highest BCUT2D eigenvalue weighted by molar-refractivity contribution is 8.13. The number of hydrogen-bond acceptors (Lipinski definition) is 6. The lowest BCUT2D eigenvalue weighted by molar-refractivity contribution is -0.287. The van der Waals surface area contributed by atoms with Crippen molar-refractivity contribution in [1.82, 2.24) is 5.06 Å². The van der Waals surface area contributed by atoms with Crippen molar-refractivity contribution in [3.8, 4) is 0 Å². The van der Waals surface area contributed by atoms with Gasteiger partial charge in [-0.2, -0.15) is 18.2 Å². The molecule has 1 N–H and O–H groups in total. The maximum atomic E-state index is 17.5. The first kappa shape index (κ1) is 28.2. The van der Waals surface area contributed by atoms with E-state index < -0.39 is 87.7 Å². The molecule has 0 spiro atoms. The van der Waals surface area contributed by atoms with E-state index in [0.717, 1.165) is 17.2 Å². The Kier molecular flexibility index (Phi) is 6.35. The number of hydrogen-bond donors (Lipinski definition) is 1. The number of carbonyl (C=O) groups excluding carboxylic acids is 2. The van der Waals surface area contributed by atoms with Crippen molar-refractivity contribution in [2.75, 3.05) is 19.1 Å². The number of ketones is 1. The molecular weight excluding hydrogens is 536 g/mol. The van der Waals surface area contributed by atoms with Crippen LogP contribution in [-0.4, -0.2) is 69.9 Å². The van der Waals surface area contributed by atoms with E-state index in [0.29, 0.717) is 11.8 Å². The van der Waals surface area contributed by atoms with E-state index in [1.165, 1.54) is 13.0 Å². The van der Waals surface area contributed by atoms with Crippen LogP contribution in [0.2, 0.25) is 0 Å². The maximum absolute atomic E-state index is 17.5. The summed E-state index contributed by atoms with van der Waals surface area (Å²) in [6, 6.07) is -1.09. The SMILES string of the molecule is C[C@]12C[C@H](O)[C@@]3(F)[C@@H](C[C@H](F)C4=CC(=O)C=C[C@@]43C)[C@]1(C)C[C@H]1CN(CCC(F)(F)F)O[C@]12C(=O)SCF. The van der Waals surface area contributed by atoms with Crippen LogP contribution in [0.1, 0.15) is 46.5 Å². The maximum Gasteiger partial charge on any atom is 0.390 e. The fourth-order valence-electron chi connectivity index (χ4n) is 8.66. The molecule has 0 aromatic heterocycles. The lowest BCUT2D eigenvalue weighted by atomic mass is 9.40. The summed E-state index contributed by atoms with van der Waals surface area (Å²) < 4.78 is 85.5. The van der Waals surface area contributed by atoms with Gasteiger partial charge in [0.15, 0.2) is 17.1 Å². The number of nitrogens with zero attached hydrogens (tertiary/aromatic N) is 1. The van der Waals surface area contributed by atoms with E-state index in [2.05, 4.69) is 0 Å². The molecule has 5 nitrogen and oxygen atoms in total. The molecule has 0 aromatic rings. The zero-order valence-electron chi connectivity index (χ0n) is 21.3. The second-order valence-electron chi connectivity index (χ2n) is 12.1. The molecule has 1 heterocycles. The second kappa shape index (κ2) is 8.57. The van der Waals surface area contributed by atoms with Gasteiger partial charge in [-0.1, -0.05) is 31.7 Å². The smallest absolute Gasteiger partial charge is 0.390 e. The number of aliphatic hydroxyl groups excluding tert-OH is 1. The topological polar surface area (TPSA) is 66.8 Å². The minimum absolute atomic E-state index is 0.0402. The lowest BCUT2D eigenvalue weighted by Gasteiger charge is -2.67. The zero-order chi connectivity index (χ0) is 28.1. The van der Waals surface area contributed by atoms with Crippen molar-refractivity contribution in [1.29, 1.82) is 0 Å². The first-order chi connectivity index (χ1) is 17.5. The van der Waals surface area contributed by atoms with Crippen LogP contribution in [0.4, 0.5) is 26.3 Å². The molecule has 1 aliphatic heterocycles. The molecule has 212 valence electrons. The predicted molar refractivity (Wildman–Crippen MR) is 127 cm³/mol. The van der Waals surface area contributed by atoms with Crippen LogP contribution in [0.25, 0.3) is 0 Å². The minimum Gasteiger partial charge on any atom is -0.390 e. The minimum atomic E-state index is -4.47. The fourth-order valence-corrected chi connectivity index (χ4v) is 9.41. The van der Waals surface area contributed by atoms with Gasteiger partial charge in [-0.3, -0.25) is 14.4 Å². The molecule has 0 unspecified atom stereocenters. The van der Waals surface area contributed by atoms with Crippen LogP contribution in [0, 0.1) is 28.1 Å². The molecule has 9 atom stereocenters. The van der Waals surface area contributed by atoms with Gasteiger partial charge in [-0.05, 0) is 49.3 Å².